The first-order valence-electron chi connectivity index (χ1n) is 7.17. The molecule has 0 saturated carbocycles. The Bertz CT molecular complexity index is 683. The molecule has 0 unspecified atom stereocenters. The van der Waals surface area contributed by atoms with Crippen LogP contribution in [0.1, 0.15) is 27.9 Å². The molecule has 23 heavy (non-hydrogen) atoms. The van der Waals surface area contributed by atoms with Crippen molar-refractivity contribution in [1.29, 1.82) is 0 Å². The average molecular weight is 314 g/mol. The monoisotopic (exact) mass is 314 g/mol. The van der Waals surface area contributed by atoms with Gasteiger partial charge in [-0.25, -0.2) is 5.48 Å². The maximum Gasteiger partial charge on any atom is 0.274 e. The van der Waals surface area contributed by atoms with Crippen molar-refractivity contribution in [2.45, 2.75) is 19.4 Å². The SMILES string of the molecule is O=C(CCc1ccccc1O)NCc1ccc(C(=O)NO)cc1. The maximum absolute atomic E-state index is 11.8. The van der Waals surface area contributed by atoms with Gasteiger partial charge in [-0.15, -0.1) is 0 Å². The number of rotatable bonds is 6. The Morgan fingerprint density at radius 1 is 1.00 bits per heavy atom. The Kier molecular flexibility index (Phi) is 5.71. The summed E-state index contributed by atoms with van der Waals surface area (Å²) in [6, 6.07) is 13.5. The van der Waals surface area contributed by atoms with Gasteiger partial charge in [-0.3, -0.25) is 14.8 Å². The summed E-state index contributed by atoms with van der Waals surface area (Å²) in [5, 5.41) is 21.0. The summed E-state index contributed by atoms with van der Waals surface area (Å²) >= 11 is 0. The molecule has 2 amide bonds. The zero-order valence-electron chi connectivity index (χ0n) is 12.5. The molecule has 0 aliphatic rings. The second-order valence-electron chi connectivity index (χ2n) is 5.04. The molecule has 0 radical (unpaired) electrons. The standard InChI is InChI=1S/C17H18N2O4/c20-15-4-2-1-3-13(15)9-10-16(21)18-11-12-5-7-14(8-6-12)17(22)19-23/h1-8,20,23H,9-11H2,(H,18,21)(H,19,22). The molecule has 120 valence electrons. The molecule has 0 heterocycles. The van der Waals surface area contributed by atoms with Gasteiger partial charge < -0.3 is 10.4 Å². The van der Waals surface area contributed by atoms with Crippen molar-refractivity contribution in [2.24, 2.45) is 0 Å². The number of aryl methyl sites for hydroxylation is 1. The van der Waals surface area contributed by atoms with E-state index >= 15 is 0 Å². The normalized spacial score (nSPS) is 10.1. The summed E-state index contributed by atoms with van der Waals surface area (Å²) in [5.41, 5.74) is 3.47. The summed E-state index contributed by atoms with van der Waals surface area (Å²) in [6.07, 6.45) is 0.747. The van der Waals surface area contributed by atoms with Gasteiger partial charge in [0.25, 0.3) is 5.91 Å². The predicted octanol–water partition coefficient (Wildman–Crippen LogP) is 1.76. The summed E-state index contributed by atoms with van der Waals surface area (Å²) in [7, 11) is 0. The quantitative estimate of drug-likeness (QED) is 0.482. The van der Waals surface area contributed by atoms with Gasteiger partial charge in [0, 0.05) is 18.5 Å². The first-order valence-corrected chi connectivity index (χ1v) is 7.17. The molecule has 0 fully saturated rings. The van der Waals surface area contributed by atoms with Crippen molar-refractivity contribution >= 4 is 11.8 Å². The van der Waals surface area contributed by atoms with E-state index in [9.17, 15) is 14.7 Å². The van der Waals surface area contributed by atoms with Crippen molar-refractivity contribution in [2.75, 3.05) is 0 Å². The fraction of sp³-hybridized carbons (Fsp3) is 0.176. The molecule has 6 nitrogen and oxygen atoms in total. The molecule has 0 bridgehead atoms. The van der Waals surface area contributed by atoms with Crippen LogP contribution in [0, 0.1) is 0 Å². The van der Waals surface area contributed by atoms with Gasteiger partial charge in [0.1, 0.15) is 5.75 Å². The van der Waals surface area contributed by atoms with Gasteiger partial charge >= 0.3 is 0 Å². The van der Waals surface area contributed by atoms with E-state index in [0.717, 1.165) is 11.1 Å². The fourth-order valence-corrected chi connectivity index (χ4v) is 2.10. The van der Waals surface area contributed by atoms with Crippen LogP contribution in [0.5, 0.6) is 5.75 Å². The first kappa shape index (κ1) is 16.5. The Morgan fingerprint density at radius 3 is 2.35 bits per heavy atom. The van der Waals surface area contributed by atoms with Gasteiger partial charge in [-0.2, -0.15) is 0 Å². The van der Waals surface area contributed by atoms with Crippen LogP contribution in [-0.4, -0.2) is 22.1 Å². The minimum atomic E-state index is -0.580. The number of phenols is 1. The van der Waals surface area contributed by atoms with Gasteiger partial charge in [0.15, 0.2) is 0 Å². The van der Waals surface area contributed by atoms with Gasteiger partial charge in [-0.1, -0.05) is 30.3 Å². The van der Waals surface area contributed by atoms with Crippen LogP contribution in [0.15, 0.2) is 48.5 Å². The number of para-hydroxylation sites is 1. The van der Waals surface area contributed by atoms with Crippen LogP contribution in [0.4, 0.5) is 0 Å². The van der Waals surface area contributed by atoms with Crippen molar-refractivity contribution < 1.29 is 19.9 Å². The summed E-state index contributed by atoms with van der Waals surface area (Å²) < 4.78 is 0. The molecule has 0 aliphatic carbocycles. The third-order valence-corrected chi connectivity index (χ3v) is 3.42. The highest BCUT2D eigenvalue weighted by Gasteiger charge is 2.06. The third-order valence-electron chi connectivity index (χ3n) is 3.42. The number of hydroxylamine groups is 1. The van der Waals surface area contributed by atoms with E-state index in [-0.39, 0.29) is 18.1 Å². The first-order chi connectivity index (χ1) is 11.1. The minimum absolute atomic E-state index is 0.120. The largest absolute Gasteiger partial charge is 0.508 e. The number of amides is 2. The lowest BCUT2D eigenvalue weighted by Gasteiger charge is -2.07. The summed E-state index contributed by atoms with van der Waals surface area (Å²) in [4.78, 5) is 23.0. The van der Waals surface area contributed by atoms with Crippen LogP contribution >= 0.6 is 0 Å². The number of phenolic OH excluding ortho intramolecular Hbond substituents is 1. The minimum Gasteiger partial charge on any atom is -0.508 e. The molecular weight excluding hydrogens is 296 g/mol. The summed E-state index contributed by atoms with van der Waals surface area (Å²) in [5.74, 6) is -0.508. The molecular formula is C17H18N2O4. The number of nitrogens with one attached hydrogen (secondary N) is 2. The Hall–Kier alpha value is -2.86. The smallest absolute Gasteiger partial charge is 0.274 e. The van der Waals surface area contributed by atoms with Crippen molar-refractivity contribution in [1.82, 2.24) is 10.8 Å². The van der Waals surface area contributed by atoms with Crippen molar-refractivity contribution in [3.05, 3.63) is 65.2 Å². The Morgan fingerprint density at radius 2 is 1.70 bits per heavy atom. The lowest BCUT2D eigenvalue weighted by atomic mass is 10.1. The Labute approximate surface area is 133 Å². The number of hydrogen-bond donors (Lipinski definition) is 4. The summed E-state index contributed by atoms with van der Waals surface area (Å²) in [6.45, 7) is 0.348. The molecule has 2 rings (SSSR count). The van der Waals surface area contributed by atoms with E-state index in [2.05, 4.69) is 5.32 Å². The predicted molar refractivity (Wildman–Crippen MR) is 84.0 cm³/mol. The van der Waals surface area contributed by atoms with E-state index in [1.165, 1.54) is 0 Å². The van der Waals surface area contributed by atoms with Crippen LogP contribution in [-0.2, 0) is 17.8 Å². The van der Waals surface area contributed by atoms with Crippen molar-refractivity contribution in [3.63, 3.8) is 0 Å². The van der Waals surface area contributed by atoms with E-state index in [0.29, 0.717) is 18.5 Å². The van der Waals surface area contributed by atoms with Gasteiger partial charge in [0.2, 0.25) is 5.91 Å². The second-order valence-corrected chi connectivity index (χ2v) is 5.04. The Balaban J connectivity index is 1.80. The third kappa shape index (κ3) is 4.82. The molecule has 4 N–H and O–H groups in total. The fourth-order valence-electron chi connectivity index (χ4n) is 2.10. The number of carbonyl (C=O) groups excluding carboxylic acids is 2. The van der Waals surface area contributed by atoms with E-state index in [1.54, 1.807) is 47.9 Å². The van der Waals surface area contributed by atoms with E-state index in [1.807, 2.05) is 6.07 Å². The molecule has 0 saturated heterocycles. The zero-order valence-corrected chi connectivity index (χ0v) is 12.5. The van der Waals surface area contributed by atoms with Gasteiger partial charge in [-0.05, 0) is 35.7 Å². The molecule has 0 aromatic heterocycles. The maximum atomic E-state index is 11.8. The lowest BCUT2D eigenvalue weighted by Crippen LogP contribution is -2.23. The van der Waals surface area contributed by atoms with Crippen molar-refractivity contribution in [3.8, 4) is 5.75 Å². The number of hydrogen-bond acceptors (Lipinski definition) is 4. The topological polar surface area (TPSA) is 98.7 Å². The number of aromatic hydroxyl groups is 1. The van der Waals surface area contributed by atoms with Gasteiger partial charge in [0.05, 0.1) is 0 Å². The number of carbonyl (C=O) groups is 2. The van der Waals surface area contributed by atoms with E-state index < -0.39 is 5.91 Å². The highest BCUT2D eigenvalue weighted by molar-refractivity contribution is 5.93. The highest BCUT2D eigenvalue weighted by Crippen LogP contribution is 2.17. The average Bonchev–Trinajstić information content (AvgIpc) is 2.59. The molecule has 0 spiro atoms. The molecule has 0 aliphatic heterocycles. The molecule has 2 aromatic carbocycles. The van der Waals surface area contributed by atoms with Crippen LogP contribution in [0.25, 0.3) is 0 Å². The highest BCUT2D eigenvalue weighted by atomic mass is 16.5. The van der Waals surface area contributed by atoms with Crippen LogP contribution in [0.3, 0.4) is 0 Å². The second kappa shape index (κ2) is 7.95. The molecule has 2 aromatic rings. The lowest BCUT2D eigenvalue weighted by molar-refractivity contribution is -0.121. The van der Waals surface area contributed by atoms with Crippen LogP contribution < -0.4 is 10.8 Å². The van der Waals surface area contributed by atoms with Crippen LogP contribution in [0.2, 0.25) is 0 Å². The molecule has 0 atom stereocenters. The number of benzene rings is 2. The van der Waals surface area contributed by atoms with E-state index in [4.69, 9.17) is 5.21 Å². The zero-order chi connectivity index (χ0) is 16.7. The molecule has 6 heteroatoms.